The molecule has 1 atom stereocenters. The predicted octanol–water partition coefficient (Wildman–Crippen LogP) is 2.08. The first-order chi connectivity index (χ1) is 9.20. The van der Waals surface area contributed by atoms with E-state index in [0.29, 0.717) is 11.7 Å². The summed E-state index contributed by atoms with van der Waals surface area (Å²) in [5.41, 5.74) is 1.64. The lowest BCUT2D eigenvalue weighted by Crippen LogP contribution is -2.29. The minimum Gasteiger partial charge on any atom is -0.465 e. The fourth-order valence-corrected chi connectivity index (χ4v) is 2.46. The van der Waals surface area contributed by atoms with E-state index in [4.69, 9.17) is 9.47 Å². The monoisotopic (exact) mass is 263 g/mol. The van der Waals surface area contributed by atoms with Gasteiger partial charge in [-0.25, -0.2) is 4.79 Å². The van der Waals surface area contributed by atoms with Crippen LogP contribution in [0.15, 0.2) is 24.3 Å². The molecule has 0 aromatic heterocycles. The lowest BCUT2D eigenvalue weighted by atomic mass is 10.1. The maximum Gasteiger partial charge on any atom is 0.338 e. The number of hydrogen-bond acceptors (Lipinski definition) is 4. The highest BCUT2D eigenvalue weighted by Gasteiger charge is 2.18. The Morgan fingerprint density at radius 3 is 2.95 bits per heavy atom. The van der Waals surface area contributed by atoms with Gasteiger partial charge in [0.2, 0.25) is 0 Å². The highest BCUT2D eigenvalue weighted by atomic mass is 16.5. The normalized spacial score (nSPS) is 18.8. The van der Waals surface area contributed by atoms with Gasteiger partial charge in [-0.3, -0.25) is 4.90 Å². The summed E-state index contributed by atoms with van der Waals surface area (Å²) < 4.78 is 10.4. The molecule has 1 aromatic rings. The molecule has 1 aliphatic heterocycles. The van der Waals surface area contributed by atoms with Gasteiger partial charge in [-0.15, -0.1) is 0 Å². The summed E-state index contributed by atoms with van der Waals surface area (Å²) in [4.78, 5) is 13.9. The summed E-state index contributed by atoms with van der Waals surface area (Å²) in [5.74, 6) is -0.277. The third-order valence-electron chi connectivity index (χ3n) is 3.40. The zero-order chi connectivity index (χ0) is 13.7. The van der Waals surface area contributed by atoms with Crippen molar-refractivity contribution in [3.63, 3.8) is 0 Å². The van der Waals surface area contributed by atoms with Crippen LogP contribution in [0.3, 0.4) is 0 Å². The van der Waals surface area contributed by atoms with Crippen molar-refractivity contribution in [2.75, 3.05) is 27.3 Å². The number of likely N-dealkylation sites (N-methyl/N-ethyl adjacent to an activating group) is 1. The van der Waals surface area contributed by atoms with E-state index in [-0.39, 0.29) is 5.97 Å². The lowest BCUT2D eigenvalue weighted by Gasteiger charge is -2.21. The Morgan fingerprint density at radius 2 is 2.26 bits per heavy atom. The minimum atomic E-state index is -0.277. The highest BCUT2D eigenvalue weighted by Crippen LogP contribution is 2.16. The Labute approximate surface area is 114 Å². The first-order valence-corrected chi connectivity index (χ1v) is 6.67. The van der Waals surface area contributed by atoms with E-state index < -0.39 is 0 Å². The molecule has 0 radical (unpaired) electrons. The first-order valence-electron chi connectivity index (χ1n) is 6.67. The number of methoxy groups -OCH3 is 1. The largest absolute Gasteiger partial charge is 0.465 e. The van der Waals surface area contributed by atoms with Crippen molar-refractivity contribution in [1.82, 2.24) is 4.90 Å². The second-order valence-electron chi connectivity index (χ2n) is 4.98. The van der Waals surface area contributed by atoms with Gasteiger partial charge in [-0.1, -0.05) is 18.2 Å². The van der Waals surface area contributed by atoms with Crippen LogP contribution in [0.5, 0.6) is 0 Å². The molecule has 0 amide bonds. The van der Waals surface area contributed by atoms with E-state index in [0.717, 1.165) is 38.1 Å². The molecule has 0 N–H and O–H groups in total. The van der Waals surface area contributed by atoms with Gasteiger partial charge in [0.25, 0.3) is 0 Å². The van der Waals surface area contributed by atoms with Gasteiger partial charge in [-0.2, -0.15) is 0 Å². The van der Waals surface area contributed by atoms with Crippen molar-refractivity contribution in [2.24, 2.45) is 0 Å². The molecule has 1 aromatic carbocycles. The molecule has 1 unspecified atom stereocenters. The second kappa shape index (κ2) is 6.68. The molecule has 1 fully saturated rings. The van der Waals surface area contributed by atoms with Crippen molar-refractivity contribution in [3.8, 4) is 0 Å². The van der Waals surface area contributed by atoms with Crippen LogP contribution in [0.1, 0.15) is 28.8 Å². The highest BCUT2D eigenvalue weighted by molar-refractivity contribution is 5.90. The van der Waals surface area contributed by atoms with E-state index in [2.05, 4.69) is 11.9 Å². The van der Waals surface area contributed by atoms with E-state index in [1.165, 1.54) is 7.11 Å². The van der Waals surface area contributed by atoms with Gasteiger partial charge in [0.1, 0.15) is 0 Å². The quantitative estimate of drug-likeness (QED) is 0.762. The summed E-state index contributed by atoms with van der Waals surface area (Å²) >= 11 is 0. The number of rotatable bonds is 5. The van der Waals surface area contributed by atoms with Gasteiger partial charge >= 0.3 is 5.97 Å². The topological polar surface area (TPSA) is 38.8 Å². The zero-order valence-electron chi connectivity index (χ0n) is 11.6. The van der Waals surface area contributed by atoms with Crippen molar-refractivity contribution in [2.45, 2.75) is 25.5 Å². The molecular formula is C15H21NO3. The molecule has 0 saturated carbocycles. The predicted molar refractivity (Wildman–Crippen MR) is 73.1 cm³/mol. The van der Waals surface area contributed by atoms with Gasteiger partial charge in [0.05, 0.1) is 18.8 Å². The van der Waals surface area contributed by atoms with Crippen LogP contribution in [-0.2, 0) is 16.0 Å². The molecule has 1 saturated heterocycles. The Bertz CT molecular complexity index is 427. The van der Waals surface area contributed by atoms with E-state index in [1.807, 2.05) is 18.2 Å². The fraction of sp³-hybridized carbons (Fsp3) is 0.533. The van der Waals surface area contributed by atoms with Crippen LogP contribution in [0, 0.1) is 0 Å². The molecule has 1 heterocycles. The molecule has 19 heavy (non-hydrogen) atoms. The SMILES string of the molecule is COC(=O)c1ccccc1CN(C)CC1CCCO1. The molecule has 4 heteroatoms. The fourth-order valence-electron chi connectivity index (χ4n) is 2.46. The number of hydrogen-bond donors (Lipinski definition) is 0. The average molecular weight is 263 g/mol. The van der Waals surface area contributed by atoms with Crippen LogP contribution in [0.25, 0.3) is 0 Å². The van der Waals surface area contributed by atoms with Crippen LogP contribution in [0.4, 0.5) is 0 Å². The van der Waals surface area contributed by atoms with Gasteiger partial charge < -0.3 is 9.47 Å². The molecule has 4 nitrogen and oxygen atoms in total. The molecule has 0 aliphatic carbocycles. The lowest BCUT2D eigenvalue weighted by molar-refractivity contribution is 0.0596. The standard InChI is InChI=1S/C15H21NO3/c1-16(11-13-7-5-9-19-13)10-12-6-3-4-8-14(12)15(17)18-2/h3-4,6,8,13H,5,7,9-11H2,1-2H3. The second-order valence-corrected chi connectivity index (χ2v) is 4.98. The van der Waals surface area contributed by atoms with Crippen LogP contribution < -0.4 is 0 Å². The Balaban J connectivity index is 1.99. The number of esters is 1. The smallest absolute Gasteiger partial charge is 0.338 e. The Morgan fingerprint density at radius 1 is 1.47 bits per heavy atom. The van der Waals surface area contributed by atoms with E-state index in [9.17, 15) is 4.79 Å². The number of nitrogens with zero attached hydrogens (tertiary/aromatic N) is 1. The van der Waals surface area contributed by atoms with Gasteiger partial charge in [0.15, 0.2) is 0 Å². The number of carbonyl (C=O) groups excluding carboxylic acids is 1. The van der Waals surface area contributed by atoms with E-state index >= 15 is 0 Å². The summed E-state index contributed by atoms with van der Waals surface area (Å²) in [7, 11) is 3.46. The average Bonchev–Trinajstić information content (AvgIpc) is 2.91. The number of ether oxygens (including phenoxy) is 2. The third kappa shape index (κ3) is 3.78. The summed E-state index contributed by atoms with van der Waals surface area (Å²) in [5, 5.41) is 0. The van der Waals surface area contributed by atoms with Crippen LogP contribution in [-0.4, -0.2) is 44.3 Å². The number of benzene rings is 1. The van der Waals surface area contributed by atoms with E-state index in [1.54, 1.807) is 6.07 Å². The van der Waals surface area contributed by atoms with Gasteiger partial charge in [-0.05, 0) is 31.5 Å². The van der Waals surface area contributed by atoms with Crippen LogP contribution >= 0.6 is 0 Å². The first kappa shape index (κ1) is 14.0. The zero-order valence-corrected chi connectivity index (χ0v) is 11.6. The Hall–Kier alpha value is -1.39. The van der Waals surface area contributed by atoms with Gasteiger partial charge in [0, 0.05) is 19.7 Å². The van der Waals surface area contributed by atoms with Crippen molar-refractivity contribution < 1.29 is 14.3 Å². The molecular weight excluding hydrogens is 242 g/mol. The maximum atomic E-state index is 11.7. The van der Waals surface area contributed by atoms with Crippen molar-refractivity contribution in [1.29, 1.82) is 0 Å². The van der Waals surface area contributed by atoms with Crippen molar-refractivity contribution >= 4 is 5.97 Å². The minimum absolute atomic E-state index is 0.277. The molecule has 0 bridgehead atoms. The summed E-state index contributed by atoms with van der Waals surface area (Å²) in [6.07, 6.45) is 2.61. The Kier molecular flexibility index (Phi) is 4.93. The molecule has 1 aliphatic rings. The number of carbonyl (C=O) groups is 1. The third-order valence-corrected chi connectivity index (χ3v) is 3.40. The molecule has 0 spiro atoms. The molecule has 2 rings (SSSR count). The summed E-state index contributed by atoms with van der Waals surface area (Å²) in [6.45, 7) is 2.50. The molecule has 104 valence electrons. The summed E-state index contributed by atoms with van der Waals surface area (Å²) in [6, 6.07) is 7.58. The van der Waals surface area contributed by atoms with Crippen LogP contribution in [0.2, 0.25) is 0 Å². The van der Waals surface area contributed by atoms with Crippen molar-refractivity contribution in [3.05, 3.63) is 35.4 Å². The maximum absolute atomic E-state index is 11.7.